The number of fused-ring (bicyclic) bond motifs is 1. The molecule has 5 atom stereocenters. The molecule has 1 aromatic carbocycles. The third-order valence-electron chi connectivity index (χ3n) is 8.14. The molecule has 3 N–H and O–H groups in total. The predicted molar refractivity (Wildman–Crippen MR) is 121 cm³/mol. The molecule has 178 valence electrons. The Bertz CT molecular complexity index is 933. The molecular weight excluding hydrogens is 422 g/mol. The van der Waals surface area contributed by atoms with Gasteiger partial charge < -0.3 is 25.4 Å². The normalized spacial score (nSPS) is 35.5. The molecule has 0 radical (unpaired) electrons. The van der Waals surface area contributed by atoms with Gasteiger partial charge in [-0.15, -0.1) is 0 Å². The molecule has 8 heteroatoms. The topological polar surface area (TPSA) is 108 Å². The molecule has 3 amide bonds. The van der Waals surface area contributed by atoms with Crippen LogP contribution >= 0.6 is 0 Å². The van der Waals surface area contributed by atoms with Gasteiger partial charge in [0.1, 0.15) is 11.6 Å². The Morgan fingerprint density at radius 1 is 1.12 bits per heavy atom. The van der Waals surface area contributed by atoms with E-state index in [1.807, 2.05) is 25.1 Å². The number of ether oxygens (including phenoxy) is 1. The van der Waals surface area contributed by atoms with E-state index in [1.54, 1.807) is 12.1 Å². The van der Waals surface area contributed by atoms with Crippen LogP contribution in [-0.2, 0) is 19.1 Å². The van der Waals surface area contributed by atoms with E-state index in [-0.39, 0.29) is 36.9 Å². The van der Waals surface area contributed by atoms with Crippen LogP contribution in [0.15, 0.2) is 30.3 Å². The fraction of sp³-hybridized carbons (Fsp3) is 0.640. The van der Waals surface area contributed by atoms with Gasteiger partial charge in [-0.05, 0) is 44.7 Å². The van der Waals surface area contributed by atoms with Crippen LogP contribution in [0.5, 0.6) is 0 Å². The van der Waals surface area contributed by atoms with E-state index < -0.39 is 29.1 Å². The molecule has 1 aliphatic carbocycles. The number of benzene rings is 1. The second-order valence-electron chi connectivity index (χ2n) is 10.2. The van der Waals surface area contributed by atoms with Gasteiger partial charge in [0.25, 0.3) is 0 Å². The van der Waals surface area contributed by atoms with Crippen molar-refractivity contribution in [3.63, 3.8) is 0 Å². The lowest BCUT2D eigenvalue weighted by Crippen LogP contribution is -2.57. The van der Waals surface area contributed by atoms with E-state index in [9.17, 15) is 19.5 Å². The maximum absolute atomic E-state index is 13.7. The fourth-order valence-corrected chi connectivity index (χ4v) is 6.74. The first-order valence-electron chi connectivity index (χ1n) is 12.2. The van der Waals surface area contributed by atoms with Gasteiger partial charge in [-0.2, -0.15) is 0 Å². The molecule has 3 heterocycles. The number of hydrogen-bond donors (Lipinski definition) is 3. The van der Waals surface area contributed by atoms with Gasteiger partial charge in [-0.25, -0.2) is 0 Å². The van der Waals surface area contributed by atoms with Crippen LogP contribution in [-0.4, -0.2) is 64.2 Å². The summed E-state index contributed by atoms with van der Waals surface area (Å²) in [4.78, 5) is 42.1. The summed E-state index contributed by atoms with van der Waals surface area (Å²) in [5.74, 6) is -2.20. The fourth-order valence-electron chi connectivity index (χ4n) is 6.74. The Kier molecular flexibility index (Phi) is 5.69. The Morgan fingerprint density at radius 3 is 2.55 bits per heavy atom. The smallest absolute Gasteiger partial charge is 0.246 e. The number of rotatable bonds is 6. The van der Waals surface area contributed by atoms with Crippen molar-refractivity contribution in [3.8, 4) is 0 Å². The lowest BCUT2D eigenvalue weighted by Gasteiger charge is -2.35. The molecule has 3 aliphatic heterocycles. The standard InChI is InChI=1S/C25H33N3O5/c1-24-12-13-25(33-24)19(18(24)21(30)26-16-8-4-2-5-9-16)23(32)28(14-15-29)20(25)22(31)27-17-10-6-3-7-11-17/h2,4-5,8-9,17-20,29H,3,6-7,10-15H2,1H3,(H,26,30)(H,27,31)/t18-,19+,20?,24+,25?/m1/s1. The first kappa shape index (κ1) is 22.3. The summed E-state index contributed by atoms with van der Waals surface area (Å²) < 4.78 is 6.55. The first-order valence-corrected chi connectivity index (χ1v) is 12.2. The number of aliphatic hydroxyl groups excluding tert-OH is 1. The molecule has 4 aliphatic rings. The summed E-state index contributed by atoms with van der Waals surface area (Å²) in [5, 5.41) is 15.8. The summed E-state index contributed by atoms with van der Waals surface area (Å²) >= 11 is 0. The lowest BCUT2D eigenvalue weighted by molar-refractivity contribution is -0.146. The summed E-state index contributed by atoms with van der Waals surface area (Å²) in [6.07, 6.45) is 6.35. The number of carbonyl (C=O) groups is 3. The van der Waals surface area contributed by atoms with Gasteiger partial charge in [0, 0.05) is 18.3 Å². The Balaban J connectivity index is 1.45. The molecule has 0 aromatic heterocycles. The minimum atomic E-state index is -1.04. The van der Waals surface area contributed by atoms with E-state index >= 15 is 0 Å². The highest BCUT2D eigenvalue weighted by atomic mass is 16.5. The molecule has 1 spiro atoms. The van der Waals surface area contributed by atoms with Crippen LogP contribution < -0.4 is 10.6 Å². The minimum absolute atomic E-state index is 0.0485. The molecule has 4 fully saturated rings. The highest BCUT2D eigenvalue weighted by Gasteiger charge is 2.77. The number of nitrogens with one attached hydrogen (secondary N) is 2. The predicted octanol–water partition coefficient (Wildman–Crippen LogP) is 1.83. The minimum Gasteiger partial charge on any atom is -0.395 e. The molecule has 5 rings (SSSR count). The van der Waals surface area contributed by atoms with Crippen LogP contribution in [0.1, 0.15) is 51.9 Å². The molecular formula is C25H33N3O5. The number of β-amino-alcohol motifs (C(OH)–C–C–N with tert-alkyl or cyclic N) is 1. The highest BCUT2D eigenvalue weighted by molar-refractivity contribution is 6.02. The molecule has 3 saturated heterocycles. The van der Waals surface area contributed by atoms with Gasteiger partial charge in [0.15, 0.2) is 0 Å². The van der Waals surface area contributed by atoms with Gasteiger partial charge in [0.05, 0.1) is 24.0 Å². The zero-order valence-corrected chi connectivity index (χ0v) is 19.1. The maximum Gasteiger partial charge on any atom is 0.246 e. The zero-order chi connectivity index (χ0) is 23.2. The van der Waals surface area contributed by atoms with Crippen molar-refractivity contribution in [1.29, 1.82) is 0 Å². The number of carbonyl (C=O) groups excluding carboxylic acids is 3. The van der Waals surface area contributed by atoms with Crippen molar-refractivity contribution in [2.75, 3.05) is 18.5 Å². The molecule has 8 nitrogen and oxygen atoms in total. The Hall–Kier alpha value is -2.45. The second kappa shape index (κ2) is 8.40. The summed E-state index contributed by atoms with van der Waals surface area (Å²) in [6, 6.07) is 8.42. The average Bonchev–Trinajstić information content (AvgIpc) is 3.36. The number of likely N-dealkylation sites (tertiary alicyclic amines) is 1. The third-order valence-corrected chi connectivity index (χ3v) is 8.14. The van der Waals surface area contributed by atoms with Crippen LogP contribution in [0, 0.1) is 11.8 Å². The molecule has 33 heavy (non-hydrogen) atoms. The quantitative estimate of drug-likeness (QED) is 0.607. The van der Waals surface area contributed by atoms with Crippen LogP contribution in [0.4, 0.5) is 5.69 Å². The average molecular weight is 456 g/mol. The maximum atomic E-state index is 13.7. The lowest BCUT2D eigenvalue weighted by atomic mass is 9.66. The first-order chi connectivity index (χ1) is 15.9. The van der Waals surface area contributed by atoms with Crippen molar-refractivity contribution in [2.45, 2.75) is 75.2 Å². The SMILES string of the molecule is C[C@@]12CCC3(O1)C(C(=O)NC1CCCCC1)N(CCO)C(=O)[C@@H]3[C@@H]2C(=O)Nc1ccccc1. The number of hydrogen-bond acceptors (Lipinski definition) is 5. The third kappa shape index (κ3) is 3.54. The van der Waals surface area contributed by atoms with E-state index in [0.717, 1.165) is 25.7 Å². The molecule has 1 saturated carbocycles. The number of nitrogens with zero attached hydrogens (tertiary/aromatic N) is 1. The van der Waals surface area contributed by atoms with Crippen LogP contribution in [0.2, 0.25) is 0 Å². The second-order valence-corrected chi connectivity index (χ2v) is 10.2. The van der Waals surface area contributed by atoms with E-state index in [0.29, 0.717) is 18.5 Å². The molecule has 2 unspecified atom stereocenters. The van der Waals surface area contributed by atoms with Gasteiger partial charge in [-0.3, -0.25) is 14.4 Å². The van der Waals surface area contributed by atoms with E-state index in [1.165, 1.54) is 11.3 Å². The van der Waals surface area contributed by atoms with Crippen molar-refractivity contribution in [1.82, 2.24) is 10.2 Å². The zero-order valence-electron chi connectivity index (χ0n) is 19.1. The van der Waals surface area contributed by atoms with E-state index in [4.69, 9.17) is 4.74 Å². The largest absolute Gasteiger partial charge is 0.395 e. The van der Waals surface area contributed by atoms with Crippen molar-refractivity contribution >= 4 is 23.4 Å². The van der Waals surface area contributed by atoms with Crippen LogP contribution in [0.25, 0.3) is 0 Å². The van der Waals surface area contributed by atoms with Crippen molar-refractivity contribution in [2.24, 2.45) is 11.8 Å². The van der Waals surface area contributed by atoms with Crippen molar-refractivity contribution < 1.29 is 24.2 Å². The van der Waals surface area contributed by atoms with E-state index in [2.05, 4.69) is 10.6 Å². The molecule has 2 bridgehead atoms. The van der Waals surface area contributed by atoms with Gasteiger partial charge in [-0.1, -0.05) is 37.5 Å². The summed E-state index contributed by atoms with van der Waals surface area (Å²) in [7, 11) is 0. The summed E-state index contributed by atoms with van der Waals surface area (Å²) in [5.41, 5.74) is -1.20. The number of amides is 3. The van der Waals surface area contributed by atoms with Crippen LogP contribution in [0.3, 0.4) is 0 Å². The van der Waals surface area contributed by atoms with Gasteiger partial charge >= 0.3 is 0 Å². The summed E-state index contributed by atoms with van der Waals surface area (Å²) in [6.45, 7) is 1.68. The highest BCUT2D eigenvalue weighted by Crippen LogP contribution is 2.63. The molecule has 1 aromatic rings. The number of aliphatic hydroxyl groups is 1. The monoisotopic (exact) mass is 455 g/mol. The number of para-hydroxylation sites is 1. The van der Waals surface area contributed by atoms with Gasteiger partial charge in [0.2, 0.25) is 17.7 Å². The Morgan fingerprint density at radius 2 is 1.85 bits per heavy atom. The Labute approximate surface area is 194 Å². The van der Waals surface area contributed by atoms with Crippen molar-refractivity contribution in [3.05, 3.63) is 30.3 Å². The number of anilines is 1.